The first-order chi connectivity index (χ1) is 10.6. The number of hydrogen-bond donors (Lipinski definition) is 3. The van der Waals surface area contributed by atoms with E-state index in [4.69, 9.17) is 10.5 Å². The van der Waals surface area contributed by atoms with Crippen LogP contribution < -0.4 is 16.4 Å². The molecule has 23 heavy (non-hydrogen) atoms. The van der Waals surface area contributed by atoms with Gasteiger partial charge in [-0.3, -0.25) is 9.59 Å². The van der Waals surface area contributed by atoms with Gasteiger partial charge < -0.3 is 21.1 Å². The van der Waals surface area contributed by atoms with E-state index in [-0.39, 0.29) is 36.2 Å². The van der Waals surface area contributed by atoms with Crippen LogP contribution in [0, 0.1) is 5.92 Å². The van der Waals surface area contributed by atoms with E-state index in [1.165, 1.54) is 0 Å². The zero-order valence-corrected chi connectivity index (χ0v) is 14.0. The van der Waals surface area contributed by atoms with E-state index in [1.807, 2.05) is 24.3 Å². The summed E-state index contributed by atoms with van der Waals surface area (Å²) in [4.78, 5) is 23.7. The first kappa shape index (κ1) is 19.4. The van der Waals surface area contributed by atoms with Crippen molar-refractivity contribution in [3.05, 3.63) is 29.8 Å². The molecule has 1 aromatic carbocycles. The van der Waals surface area contributed by atoms with Crippen LogP contribution in [0.25, 0.3) is 0 Å². The lowest BCUT2D eigenvalue weighted by molar-refractivity contribution is -0.125. The quantitative estimate of drug-likeness (QED) is 0.729. The average Bonchev–Trinajstić information content (AvgIpc) is 3.06. The fraction of sp³-hybridized carbons (Fsp3) is 0.500. The molecule has 1 aliphatic rings. The van der Waals surface area contributed by atoms with E-state index in [2.05, 4.69) is 10.6 Å². The molecule has 2 rings (SSSR count). The Morgan fingerprint density at radius 2 is 2.22 bits per heavy atom. The molecule has 7 heteroatoms. The van der Waals surface area contributed by atoms with E-state index in [0.29, 0.717) is 25.4 Å². The third-order valence-corrected chi connectivity index (χ3v) is 3.68. The smallest absolute Gasteiger partial charge is 0.253 e. The Balaban J connectivity index is 0.00000264. The second-order valence-electron chi connectivity index (χ2n) is 5.55. The van der Waals surface area contributed by atoms with Gasteiger partial charge in [0.05, 0.1) is 0 Å². The van der Waals surface area contributed by atoms with Crippen molar-refractivity contribution in [2.75, 3.05) is 18.5 Å². The summed E-state index contributed by atoms with van der Waals surface area (Å²) < 4.78 is 5.35. The lowest BCUT2D eigenvalue weighted by atomic mass is 10.1. The van der Waals surface area contributed by atoms with Crippen molar-refractivity contribution in [2.24, 2.45) is 11.7 Å². The van der Waals surface area contributed by atoms with Crippen molar-refractivity contribution in [3.8, 4) is 0 Å². The van der Waals surface area contributed by atoms with Gasteiger partial charge >= 0.3 is 0 Å². The van der Waals surface area contributed by atoms with Gasteiger partial charge in [-0.15, -0.1) is 12.4 Å². The van der Waals surface area contributed by atoms with Crippen molar-refractivity contribution < 1.29 is 14.3 Å². The van der Waals surface area contributed by atoms with Crippen LogP contribution in [0.4, 0.5) is 5.69 Å². The van der Waals surface area contributed by atoms with Crippen molar-refractivity contribution >= 4 is 29.9 Å². The molecule has 1 aromatic rings. The number of ether oxygens (including phenoxy) is 1. The first-order valence-electron chi connectivity index (χ1n) is 7.59. The fourth-order valence-corrected chi connectivity index (χ4v) is 2.24. The molecule has 2 amide bonds. The van der Waals surface area contributed by atoms with Gasteiger partial charge in [-0.1, -0.05) is 19.1 Å². The highest BCUT2D eigenvalue weighted by atomic mass is 35.5. The zero-order chi connectivity index (χ0) is 15.9. The number of nitrogens with one attached hydrogen (secondary N) is 2. The third-order valence-electron chi connectivity index (χ3n) is 3.68. The molecule has 1 aliphatic heterocycles. The van der Waals surface area contributed by atoms with Gasteiger partial charge in [-0.05, 0) is 30.5 Å². The highest BCUT2D eigenvalue weighted by Gasteiger charge is 2.23. The third kappa shape index (κ3) is 5.82. The van der Waals surface area contributed by atoms with Gasteiger partial charge in [-0.25, -0.2) is 0 Å². The number of anilines is 1. The second-order valence-corrected chi connectivity index (χ2v) is 5.55. The predicted molar refractivity (Wildman–Crippen MR) is 91.4 cm³/mol. The molecule has 0 aromatic heterocycles. The molecule has 1 saturated heterocycles. The summed E-state index contributed by atoms with van der Waals surface area (Å²) in [5.74, 6) is -0.394. The fourth-order valence-electron chi connectivity index (χ4n) is 2.24. The Morgan fingerprint density at radius 1 is 1.43 bits per heavy atom. The maximum atomic E-state index is 12.0. The molecule has 128 valence electrons. The molecule has 1 heterocycles. The summed E-state index contributed by atoms with van der Waals surface area (Å²) in [5.41, 5.74) is 7.09. The molecule has 0 aliphatic carbocycles. The van der Waals surface area contributed by atoms with Gasteiger partial charge in [0.15, 0.2) is 0 Å². The Kier molecular flexibility index (Phi) is 8.02. The second kappa shape index (κ2) is 9.50. The standard InChI is InChI=1S/C16H23N3O3.ClH/c1-11(9-17)15(20)18-10-12-4-2-5-13(8-12)19-16(21)14-6-3-7-22-14;/h2,4-5,8,11,14H,3,6-7,9-10,17H2,1H3,(H,18,20)(H,19,21);1H. The van der Waals surface area contributed by atoms with E-state index in [1.54, 1.807) is 6.92 Å². The topological polar surface area (TPSA) is 93.5 Å². The van der Waals surface area contributed by atoms with Crippen molar-refractivity contribution in [2.45, 2.75) is 32.4 Å². The molecule has 0 saturated carbocycles. The molecule has 2 unspecified atom stereocenters. The molecule has 0 spiro atoms. The lowest BCUT2D eigenvalue weighted by Gasteiger charge is -2.13. The van der Waals surface area contributed by atoms with E-state index in [9.17, 15) is 9.59 Å². The number of benzene rings is 1. The van der Waals surface area contributed by atoms with Crippen LogP contribution in [0.2, 0.25) is 0 Å². The van der Waals surface area contributed by atoms with E-state index in [0.717, 1.165) is 18.4 Å². The minimum Gasteiger partial charge on any atom is -0.368 e. The molecule has 1 fully saturated rings. The van der Waals surface area contributed by atoms with Crippen LogP contribution in [0.15, 0.2) is 24.3 Å². The molecule has 0 bridgehead atoms. The maximum Gasteiger partial charge on any atom is 0.253 e. The Morgan fingerprint density at radius 3 is 2.87 bits per heavy atom. The zero-order valence-electron chi connectivity index (χ0n) is 13.2. The van der Waals surface area contributed by atoms with Crippen LogP contribution in [0.5, 0.6) is 0 Å². The Bertz CT molecular complexity index is 533. The van der Waals surface area contributed by atoms with Crippen LogP contribution in [-0.4, -0.2) is 31.1 Å². The van der Waals surface area contributed by atoms with Crippen LogP contribution in [0.3, 0.4) is 0 Å². The molecular weight excluding hydrogens is 318 g/mol. The largest absolute Gasteiger partial charge is 0.368 e. The minimum atomic E-state index is -0.353. The summed E-state index contributed by atoms with van der Waals surface area (Å²) >= 11 is 0. The van der Waals surface area contributed by atoms with Gasteiger partial charge in [0.2, 0.25) is 5.91 Å². The minimum absolute atomic E-state index is 0. The number of rotatable bonds is 6. The lowest BCUT2D eigenvalue weighted by Crippen LogP contribution is -2.32. The van der Waals surface area contributed by atoms with Gasteiger partial charge in [0.1, 0.15) is 6.10 Å². The SMILES string of the molecule is CC(CN)C(=O)NCc1cccc(NC(=O)C2CCCO2)c1.Cl. The highest BCUT2D eigenvalue weighted by Crippen LogP contribution is 2.16. The molecule has 4 N–H and O–H groups in total. The predicted octanol–water partition coefficient (Wildman–Crippen LogP) is 1.44. The molecule has 6 nitrogen and oxygen atoms in total. The Hall–Kier alpha value is -1.63. The normalized spacial score (nSPS) is 17.9. The number of halogens is 1. The van der Waals surface area contributed by atoms with Crippen molar-refractivity contribution in [3.63, 3.8) is 0 Å². The van der Waals surface area contributed by atoms with Crippen LogP contribution >= 0.6 is 12.4 Å². The van der Waals surface area contributed by atoms with Gasteiger partial charge in [0, 0.05) is 31.3 Å². The Labute approximate surface area is 142 Å². The molecule has 2 atom stereocenters. The summed E-state index contributed by atoms with van der Waals surface area (Å²) in [6.45, 7) is 3.16. The summed E-state index contributed by atoms with van der Waals surface area (Å²) in [5, 5.41) is 5.68. The number of carbonyl (C=O) groups is 2. The maximum absolute atomic E-state index is 12.0. The van der Waals surface area contributed by atoms with Crippen molar-refractivity contribution in [1.29, 1.82) is 0 Å². The number of amides is 2. The highest BCUT2D eigenvalue weighted by molar-refractivity contribution is 5.94. The van der Waals surface area contributed by atoms with Crippen LogP contribution in [-0.2, 0) is 20.9 Å². The average molecular weight is 342 g/mol. The molecular formula is C16H24ClN3O3. The monoisotopic (exact) mass is 341 g/mol. The number of hydrogen-bond acceptors (Lipinski definition) is 4. The van der Waals surface area contributed by atoms with Gasteiger partial charge in [-0.2, -0.15) is 0 Å². The van der Waals surface area contributed by atoms with Crippen LogP contribution in [0.1, 0.15) is 25.3 Å². The van der Waals surface area contributed by atoms with Crippen molar-refractivity contribution in [1.82, 2.24) is 5.32 Å². The number of carbonyl (C=O) groups excluding carboxylic acids is 2. The first-order valence-corrected chi connectivity index (χ1v) is 7.59. The number of nitrogens with two attached hydrogens (primary N) is 1. The summed E-state index contributed by atoms with van der Waals surface area (Å²) in [7, 11) is 0. The molecule has 0 radical (unpaired) electrons. The summed E-state index contributed by atoms with van der Waals surface area (Å²) in [6, 6.07) is 7.41. The van der Waals surface area contributed by atoms with E-state index >= 15 is 0 Å². The van der Waals surface area contributed by atoms with Gasteiger partial charge in [0.25, 0.3) is 5.91 Å². The van der Waals surface area contributed by atoms with E-state index < -0.39 is 0 Å². The summed E-state index contributed by atoms with van der Waals surface area (Å²) in [6.07, 6.45) is 1.33.